The minimum atomic E-state index is -0.875. The lowest BCUT2D eigenvalue weighted by Gasteiger charge is -2.20. The molecule has 0 aliphatic rings. The third kappa shape index (κ3) is 2.76. The fraction of sp³-hybridized carbons (Fsp3) is 0.357. The number of hydrogen-bond acceptors (Lipinski definition) is 2. The van der Waals surface area contributed by atoms with Crippen LogP contribution in [0.4, 0.5) is 8.78 Å². The van der Waals surface area contributed by atoms with E-state index in [1.165, 1.54) is 0 Å². The molecule has 3 nitrogen and oxygen atoms in total. The first-order valence-corrected chi connectivity index (χ1v) is 7.27. The highest BCUT2D eigenvalue weighted by Gasteiger charge is 2.23. The van der Waals surface area contributed by atoms with Crippen molar-refractivity contribution in [3.63, 3.8) is 0 Å². The van der Waals surface area contributed by atoms with Crippen LogP contribution in [-0.2, 0) is 6.54 Å². The lowest BCUT2D eigenvalue weighted by molar-refractivity contribution is 0.494. The van der Waals surface area contributed by atoms with Crippen molar-refractivity contribution in [3.8, 4) is 0 Å². The van der Waals surface area contributed by atoms with Crippen LogP contribution in [0.5, 0.6) is 0 Å². The zero-order valence-electron chi connectivity index (χ0n) is 11.3. The average molecular weight is 344 g/mol. The second-order valence-electron chi connectivity index (χ2n) is 4.33. The molecule has 2 aromatic rings. The first kappa shape index (κ1) is 15.1. The minimum absolute atomic E-state index is 0.133. The largest absolute Gasteiger partial charge is 0.334 e. The van der Waals surface area contributed by atoms with Crippen LogP contribution < -0.4 is 5.32 Å². The summed E-state index contributed by atoms with van der Waals surface area (Å²) in [5.74, 6) is -0.962. The van der Waals surface area contributed by atoms with Crippen LogP contribution in [0.2, 0.25) is 0 Å². The van der Waals surface area contributed by atoms with E-state index in [1.54, 1.807) is 12.3 Å². The van der Waals surface area contributed by atoms with Crippen LogP contribution in [-0.4, -0.2) is 16.1 Å². The number of aryl methyl sites for hydroxylation is 1. The topological polar surface area (TPSA) is 29.9 Å². The van der Waals surface area contributed by atoms with Crippen molar-refractivity contribution >= 4 is 15.9 Å². The maximum Gasteiger partial charge on any atom is 0.173 e. The zero-order chi connectivity index (χ0) is 14.7. The van der Waals surface area contributed by atoms with E-state index >= 15 is 0 Å². The van der Waals surface area contributed by atoms with E-state index in [4.69, 9.17) is 0 Å². The SMILES string of the molecule is CCNC(c1ccc(F)c(F)c1Br)c1nccn1CC. The molecule has 20 heavy (non-hydrogen) atoms. The van der Waals surface area contributed by atoms with Crippen LogP contribution in [0.1, 0.15) is 31.3 Å². The summed E-state index contributed by atoms with van der Waals surface area (Å²) in [6, 6.07) is 2.42. The Morgan fingerprint density at radius 3 is 2.75 bits per heavy atom. The maximum absolute atomic E-state index is 13.7. The van der Waals surface area contributed by atoms with Gasteiger partial charge in [-0.3, -0.25) is 0 Å². The molecule has 0 amide bonds. The summed E-state index contributed by atoms with van der Waals surface area (Å²) in [6.07, 6.45) is 3.57. The molecule has 6 heteroatoms. The number of hydrogen-bond donors (Lipinski definition) is 1. The van der Waals surface area contributed by atoms with Gasteiger partial charge in [-0.2, -0.15) is 0 Å². The summed E-state index contributed by atoms with van der Waals surface area (Å²) in [4.78, 5) is 4.34. The summed E-state index contributed by atoms with van der Waals surface area (Å²) in [6.45, 7) is 5.42. The number of nitrogens with one attached hydrogen (secondary N) is 1. The Hall–Kier alpha value is -1.27. The highest BCUT2D eigenvalue weighted by molar-refractivity contribution is 9.10. The molecule has 108 valence electrons. The molecule has 0 saturated carbocycles. The Balaban J connectivity index is 2.52. The third-order valence-corrected chi connectivity index (χ3v) is 3.94. The molecule has 1 unspecified atom stereocenters. The molecule has 0 spiro atoms. The normalized spacial score (nSPS) is 12.7. The van der Waals surface area contributed by atoms with E-state index in [9.17, 15) is 8.78 Å². The molecular formula is C14H16BrF2N3. The molecule has 0 aliphatic carbocycles. The minimum Gasteiger partial charge on any atom is -0.334 e. The number of halogens is 3. The first-order valence-electron chi connectivity index (χ1n) is 6.47. The summed E-state index contributed by atoms with van der Waals surface area (Å²) in [7, 11) is 0. The van der Waals surface area contributed by atoms with Crippen molar-refractivity contribution in [2.45, 2.75) is 26.4 Å². The van der Waals surface area contributed by atoms with Crippen molar-refractivity contribution in [1.82, 2.24) is 14.9 Å². The smallest absolute Gasteiger partial charge is 0.173 e. The van der Waals surface area contributed by atoms with Gasteiger partial charge in [-0.1, -0.05) is 13.0 Å². The molecule has 1 atom stereocenters. The van der Waals surface area contributed by atoms with Crippen LogP contribution >= 0.6 is 15.9 Å². The first-order chi connectivity index (χ1) is 9.60. The Labute approximate surface area is 125 Å². The lowest BCUT2D eigenvalue weighted by Crippen LogP contribution is -2.26. The van der Waals surface area contributed by atoms with E-state index in [1.807, 2.05) is 24.6 Å². The van der Waals surface area contributed by atoms with Crippen LogP contribution in [0, 0.1) is 11.6 Å². The van der Waals surface area contributed by atoms with Crippen molar-refractivity contribution in [2.75, 3.05) is 6.54 Å². The fourth-order valence-electron chi connectivity index (χ4n) is 2.16. The second-order valence-corrected chi connectivity index (χ2v) is 5.12. The van der Waals surface area contributed by atoms with Crippen molar-refractivity contribution < 1.29 is 8.78 Å². The number of nitrogens with zero attached hydrogens (tertiary/aromatic N) is 2. The van der Waals surface area contributed by atoms with Gasteiger partial charge in [-0.15, -0.1) is 0 Å². The van der Waals surface area contributed by atoms with Crippen LogP contribution in [0.25, 0.3) is 0 Å². The Morgan fingerprint density at radius 2 is 2.10 bits per heavy atom. The number of imidazole rings is 1. The maximum atomic E-state index is 13.7. The summed E-state index contributed by atoms with van der Waals surface area (Å²) in [5, 5.41) is 3.26. The predicted molar refractivity (Wildman–Crippen MR) is 77.5 cm³/mol. The van der Waals surface area contributed by atoms with Gasteiger partial charge in [-0.05, 0) is 41.0 Å². The lowest BCUT2D eigenvalue weighted by atomic mass is 10.1. The highest BCUT2D eigenvalue weighted by Crippen LogP contribution is 2.31. The Morgan fingerprint density at radius 1 is 1.35 bits per heavy atom. The molecule has 1 N–H and O–H groups in total. The summed E-state index contributed by atoms with van der Waals surface area (Å²) < 4.78 is 29.1. The number of benzene rings is 1. The molecule has 0 fully saturated rings. The quantitative estimate of drug-likeness (QED) is 0.840. The van der Waals surface area contributed by atoms with E-state index in [2.05, 4.69) is 26.2 Å². The van der Waals surface area contributed by atoms with Gasteiger partial charge in [0.15, 0.2) is 11.6 Å². The van der Waals surface area contributed by atoms with Gasteiger partial charge in [0.1, 0.15) is 5.82 Å². The van der Waals surface area contributed by atoms with E-state index in [0.29, 0.717) is 12.1 Å². The molecule has 2 rings (SSSR count). The molecular weight excluding hydrogens is 328 g/mol. The van der Waals surface area contributed by atoms with Gasteiger partial charge in [0.05, 0.1) is 10.5 Å². The van der Waals surface area contributed by atoms with Crippen molar-refractivity contribution in [1.29, 1.82) is 0 Å². The monoisotopic (exact) mass is 343 g/mol. The second kappa shape index (κ2) is 6.45. The molecule has 0 aliphatic heterocycles. The van der Waals surface area contributed by atoms with Gasteiger partial charge >= 0.3 is 0 Å². The van der Waals surface area contributed by atoms with Gasteiger partial charge < -0.3 is 9.88 Å². The molecule has 1 aromatic heterocycles. The molecule has 0 radical (unpaired) electrons. The summed E-state index contributed by atoms with van der Waals surface area (Å²) in [5.41, 5.74) is 0.631. The molecule has 0 saturated heterocycles. The molecule has 0 bridgehead atoms. The molecule has 1 aromatic carbocycles. The number of aromatic nitrogens is 2. The fourth-order valence-corrected chi connectivity index (χ4v) is 2.71. The van der Waals surface area contributed by atoms with E-state index in [-0.39, 0.29) is 10.5 Å². The van der Waals surface area contributed by atoms with E-state index < -0.39 is 11.6 Å². The van der Waals surface area contributed by atoms with Crippen LogP contribution in [0.15, 0.2) is 29.0 Å². The van der Waals surface area contributed by atoms with Gasteiger partial charge in [0, 0.05) is 18.9 Å². The Bertz CT molecular complexity index is 598. The van der Waals surface area contributed by atoms with E-state index in [0.717, 1.165) is 18.4 Å². The zero-order valence-corrected chi connectivity index (χ0v) is 12.9. The highest BCUT2D eigenvalue weighted by atomic mass is 79.9. The van der Waals surface area contributed by atoms with Crippen molar-refractivity contribution in [3.05, 3.63) is 52.0 Å². The van der Waals surface area contributed by atoms with Gasteiger partial charge in [-0.25, -0.2) is 13.8 Å². The van der Waals surface area contributed by atoms with Gasteiger partial charge in [0.25, 0.3) is 0 Å². The van der Waals surface area contributed by atoms with Crippen molar-refractivity contribution in [2.24, 2.45) is 0 Å². The van der Waals surface area contributed by atoms with Crippen LogP contribution in [0.3, 0.4) is 0 Å². The Kier molecular flexibility index (Phi) is 4.88. The standard InChI is InChI=1S/C14H16BrF2N3/c1-3-18-13(14-19-7-8-20(14)4-2)9-5-6-10(16)12(17)11(9)15/h5-8,13,18H,3-4H2,1-2H3. The third-order valence-electron chi connectivity index (χ3n) is 3.13. The predicted octanol–water partition coefficient (Wildman–Crippen LogP) is 3.64. The molecule has 1 heterocycles. The summed E-state index contributed by atoms with van der Waals surface area (Å²) >= 11 is 3.14. The van der Waals surface area contributed by atoms with Gasteiger partial charge in [0.2, 0.25) is 0 Å². The average Bonchev–Trinajstić information content (AvgIpc) is 2.91. The number of rotatable bonds is 5.